The number of rotatable bonds is 6. The predicted octanol–water partition coefficient (Wildman–Crippen LogP) is 2.90. The molecule has 0 amide bonds. The largest absolute Gasteiger partial charge is 0.493 e. The molecule has 1 aliphatic heterocycles. The minimum atomic E-state index is -0.681. The zero-order chi connectivity index (χ0) is 16.6. The van der Waals surface area contributed by atoms with Gasteiger partial charge in [0.05, 0.1) is 20.1 Å². The van der Waals surface area contributed by atoms with Crippen LogP contribution in [-0.4, -0.2) is 43.3 Å². The number of benzene rings is 1. The van der Waals surface area contributed by atoms with Crippen molar-refractivity contribution >= 4 is 17.6 Å². The molecule has 1 aromatic carbocycles. The highest BCUT2D eigenvalue weighted by Gasteiger charge is 2.45. The Hall–Kier alpha value is -1.46. The van der Waals surface area contributed by atoms with Gasteiger partial charge < -0.3 is 14.6 Å². The van der Waals surface area contributed by atoms with E-state index in [-0.39, 0.29) is 11.8 Å². The third kappa shape index (κ3) is 3.40. The Morgan fingerprint density at radius 1 is 1.30 bits per heavy atom. The van der Waals surface area contributed by atoms with Crippen LogP contribution in [-0.2, 0) is 11.3 Å². The van der Waals surface area contributed by atoms with Gasteiger partial charge >= 0.3 is 5.97 Å². The average molecular weight is 340 g/mol. The molecule has 23 heavy (non-hydrogen) atoms. The lowest BCUT2D eigenvalue weighted by Crippen LogP contribution is -2.24. The molecule has 1 N–H and O–H groups in total. The summed E-state index contributed by atoms with van der Waals surface area (Å²) in [6, 6.07) is 3.59. The monoisotopic (exact) mass is 339 g/mol. The van der Waals surface area contributed by atoms with Crippen LogP contribution < -0.4 is 9.47 Å². The number of ether oxygens (including phenoxy) is 2. The van der Waals surface area contributed by atoms with Gasteiger partial charge in [0.25, 0.3) is 0 Å². The van der Waals surface area contributed by atoms with Gasteiger partial charge in [0.2, 0.25) is 0 Å². The summed E-state index contributed by atoms with van der Waals surface area (Å²) in [4.78, 5) is 13.7. The third-order valence-corrected chi connectivity index (χ3v) is 5.12. The second-order valence-corrected chi connectivity index (χ2v) is 6.88. The van der Waals surface area contributed by atoms with Gasteiger partial charge in [-0.1, -0.05) is 11.6 Å². The van der Waals surface area contributed by atoms with E-state index in [1.54, 1.807) is 20.3 Å². The number of carbonyl (C=O) groups is 1. The predicted molar refractivity (Wildman–Crippen MR) is 87.2 cm³/mol. The number of carboxylic acid groups (broad SMARTS) is 1. The highest BCUT2D eigenvalue weighted by Crippen LogP contribution is 2.45. The quantitative estimate of drug-likeness (QED) is 0.863. The lowest BCUT2D eigenvalue weighted by atomic mass is 9.92. The maximum Gasteiger partial charge on any atom is 0.308 e. The smallest absolute Gasteiger partial charge is 0.308 e. The summed E-state index contributed by atoms with van der Waals surface area (Å²) < 4.78 is 10.8. The second-order valence-electron chi connectivity index (χ2n) is 6.44. The minimum Gasteiger partial charge on any atom is -0.493 e. The summed E-state index contributed by atoms with van der Waals surface area (Å²) in [5, 5.41) is 10.1. The average Bonchev–Trinajstić information content (AvgIpc) is 3.27. The molecule has 0 spiro atoms. The lowest BCUT2D eigenvalue weighted by molar-refractivity contribution is -0.142. The third-order valence-electron chi connectivity index (χ3n) is 4.90. The van der Waals surface area contributed by atoms with Gasteiger partial charge in [-0.15, -0.1) is 0 Å². The second kappa shape index (κ2) is 6.57. The summed E-state index contributed by atoms with van der Waals surface area (Å²) in [6.45, 7) is 2.02. The number of hydrogen-bond acceptors (Lipinski definition) is 4. The zero-order valence-electron chi connectivity index (χ0n) is 13.4. The van der Waals surface area contributed by atoms with Gasteiger partial charge in [-0.05, 0) is 30.7 Å². The molecule has 1 saturated carbocycles. The number of halogens is 1. The van der Waals surface area contributed by atoms with Crippen LogP contribution in [0.1, 0.15) is 18.4 Å². The summed E-state index contributed by atoms with van der Waals surface area (Å²) >= 11 is 6.16. The van der Waals surface area contributed by atoms with Crippen molar-refractivity contribution in [2.45, 2.75) is 19.4 Å². The zero-order valence-corrected chi connectivity index (χ0v) is 14.2. The van der Waals surface area contributed by atoms with Crippen molar-refractivity contribution in [1.82, 2.24) is 4.90 Å². The molecule has 5 nitrogen and oxygen atoms in total. The van der Waals surface area contributed by atoms with Crippen molar-refractivity contribution in [3.63, 3.8) is 0 Å². The number of nitrogens with zero attached hydrogens (tertiary/aromatic N) is 1. The summed E-state index contributed by atoms with van der Waals surface area (Å²) in [5.74, 6) is 1.16. The van der Waals surface area contributed by atoms with Crippen molar-refractivity contribution in [3.8, 4) is 11.5 Å². The number of likely N-dealkylation sites (tertiary alicyclic amines) is 1. The number of methoxy groups -OCH3 is 2. The van der Waals surface area contributed by atoms with Crippen LogP contribution in [0.15, 0.2) is 12.1 Å². The molecule has 3 rings (SSSR count). The van der Waals surface area contributed by atoms with E-state index in [0.29, 0.717) is 35.5 Å². The molecule has 126 valence electrons. The molecule has 0 unspecified atom stereocenters. The van der Waals surface area contributed by atoms with Crippen molar-refractivity contribution < 1.29 is 19.4 Å². The Morgan fingerprint density at radius 3 is 2.61 bits per heavy atom. The molecule has 1 aromatic rings. The maximum absolute atomic E-state index is 11.5. The first-order chi connectivity index (χ1) is 11.0. The first kappa shape index (κ1) is 16.4. The standard InChI is InChI=1S/C17H22ClNO4/c1-22-15-6-12(18)5-11(16(15)23-2)7-19-8-13(10-3-4-10)14(9-19)17(20)21/h5-6,10,13-14H,3-4,7-9H2,1-2H3,(H,20,21)/t13-,14+/m1/s1. The summed E-state index contributed by atoms with van der Waals surface area (Å²) in [7, 11) is 3.18. The molecular formula is C17H22ClNO4. The first-order valence-corrected chi connectivity index (χ1v) is 8.26. The Bertz CT molecular complexity index is 603. The normalized spacial score (nSPS) is 24.7. The van der Waals surface area contributed by atoms with Gasteiger partial charge in [-0.25, -0.2) is 0 Å². The number of carboxylic acids is 1. The molecule has 2 atom stereocenters. The Balaban J connectivity index is 1.79. The molecule has 1 aliphatic carbocycles. The molecule has 1 heterocycles. The van der Waals surface area contributed by atoms with E-state index in [1.807, 2.05) is 6.07 Å². The number of hydrogen-bond donors (Lipinski definition) is 1. The molecule has 0 bridgehead atoms. The molecule has 6 heteroatoms. The van der Waals surface area contributed by atoms with Crippen LogP contribution in [0.2, 0.25) is 5.02 Å². The van der Waals surface area contributed by atoms with Gasteiger partial charge in [0, 0.05) is 36.3 Å². The molecule has 0 aromatic heterocycles. The van der Waals surface area contributed by atoms with Crippen molar-refractivity contribution in [1.29, 1.82) is 0 Å². The van der Waals surface area contributed by atoms with Crippen molar-refractivity contribution in [3.05, 3.63) is 22.7 Å². The fourth-order valence-corrected chi connectivity index (χ4v) is 3.90. The van der Waals surface area contributed by atoms with Gasteiger partial charge in [0.1, 0.15) is 0 Å². The molecule has 0 radical (unpaired) electrons. The van der Waals surface area contributed by atoms with Crippen LogP contribution in [0.3, 0.4) is 0 Å². The van der Waals surface area contributed by atoms with Gasteiger partial charge in [-0.3, -0.25) is 9.69 Å². The lowest BCUT2D eigenvalue weighted by Gasteiger charge is -2.19. The van der Waals surface area contributed by atoms with Crippen LogP contribution in [0, 0.1) is 17.8 Å². The maximum atomic E-state index is 11.5. The minimum absolute atomic E-state index is 0.263. The van der Waals surface area contributed by atoms with E-state index < -0.39 is 5.97 Å². The van der Waals surface area contributed by atoms with E-state index in [4.69, 9.17) is 21.1 Å². The van der Waals surface area contributed by atoms with Crippen LogP contribution >= 0.6 is 11.6 Å². The topological polar surface area (TPSA) is 59.0 Å². The molecular weight excluding hydrogens is 318 g/mol. The molecule has 2 aliphatic rings. The SMILES string of the molecule is COc1cc(Cl)cc(CN2C[C@H](C(=O)O)[C@@H](C3CC3)C2)c1OC. The van der Waals surface area contributed by atoms with E-state index in [1.165, 1.54) is 0 Å². The molecule has 1 saturated heterocycles. The number of aliphatic carboxylic acids is 1. The van der Waals surface area contributed by atoms with Crippen LogP contribution in [0.4, 0.5) is 0 Å². The highest BCUT2D eigenvalue weighted by atomic mass is 35.5. The van der Waals surface area contributed by atoms with Gasteiger partial charge in [0.15, 0.2) is 11.5 Å². The van der Waals surface area contributed by atoms with Crippen LogP contribution in [0.5, 0.6) is 11.5 Å². The van der Waals surface area contributed by atoms with E-state index in [0.717, 1.165) is 24.9 Å². The summed E-state index contributed by atoms with van der Waals surface area (Å²) in [5.41, 5.74) is 0.928. The fourth-order valence-electron chi connectivity index (χ4n) is 3.67. The highest BCUT2D eigenvalue weighted by molar-refractivity contribution is 6.30. The van der Waals surface area contributed by atoms with Gasteiger partial charge in [-0.2, -0.15) is 0 Å². The fraction of sp³-hybridized carbons (Fsp3) is 0.588. The van der Waals surface area contributed by atoms with E-state index in [9.17, 15) is 9.90 Å². The van der Waals surface area contributed by atoms with Crippen molar-refractivity contribution in [2.24, 2.45) is 17.8 Å². The molecule has 2 fully saturated rings. The van der Waals surface area contributed by atoms with E-state index in [2.05, 4.69) is 4.90 Å². The Kier molecular flexibility index (Phi) is 4.69. The Morgan fingerprint density at radius 2 is 2.04 bits per heavy atom. The summed E-state index contributed by atoms with van der Waals surface area (Å²) in [6.07, 6.45) is 2.33. The Labute approximate surface area is 141 Å². The van der Waals surface area contributed by atoms with Crippen LogP contribution in [0.25, 0.3) is 0 Å². The van der Waals surface area contributed by atoms with E-state index >= 15 is 0 Å². The van der Waals surface area contributed by atoms with Crippen molar-refractivity contribution in [2.75, 3.05) is 27.3 Å². The first-order valence-electron chi connectivity index (χ1n) is 7.89.